The van der Waals surface area contributed by atoms with Gasteiger partial charge in [-0.3, -0.25) is 9.69 Å². The highest BCUT2D eigenvalue weighted by molar-refractivity contribution is 5.86. The van der Waals surface area contributed by atoms with Crippen LogP contribution in [0.25, 0.3) is 0 Å². The van der Waals surface area contributed by atoms with Crippen molar-refractivity contribution in [1.29, 1.82) is 0 Å². The van der Waals surface area contributed by atoms with Crippen molar-refractivity contribution in [3.63, 3.8) is 0 Å². The molecule has 0 aliphatic carbocycles. The van der Waals surface area contributed by atoms with Crippen molar-refractivity contribution in [2.45, 2.75) is 51.8 Å². The Balaban J connectivity index is 1.97. The van der Waals surface area contributed by atoms with Crippen molar-refractivity contribution in [2.24, 2.45) is 0 Å². The van der Waals surface area contributed by atoms with Crippen LogP contribution in [0.2, 0.25) is 0 Å². The Morgan fingerprint density at radius 2 is 2.00 bits per heavy atom. The number of amides is 2. The lowest BCUT2D eigenvalue weighted by Crippen LogP contribution is -2.47. The molecule has 1 aromatic carbocycles. The molecule has 0 unspecified atom stereocenters. The minimum absolute atomic E-state index is 0.163. The van der Waals surface area contributed by atoms with Gasteiger partial charge in [0.25, 0.3) is 0 Å². The molecule has 0 aromatic heterocycles. The van der Waals surface area contributed by atoms with E-state index in [9.17, 15) is 9.59 Å². The number of rotatable bonds is 4. The molecule has 0 spiro atoms. The Morgan fingerprint density at radius 3 is 2.67 bits per heavy atom. The van der Waals surface area contributed by atoms with Crippen LogP contribution in [-0.4, -0.2) is 42.2 Å². The lowest BCUT2D eigenvalue weighted by molar-refractivity contribution is -0.125. The zero-order valence-corrected chi connectivity index (χ0v) is 14.8. The molecule has 2 rings (SSSR count). The second kappa shape index (κ2) is 7.55. The van der Waals surface area contributed by atoms with E-state index in [4.69, 9.17) is 9.47 Å². The highest BCUT2D eigenvalue weighted by atomic mass is 16.6. The molecule has 0 radical (unpaired) electrons. The number of carbonyl (C=O) groups is 2. The molecule has 2 amide bonds. The molecular weight excluding hydrogens is 308 g/mol. The maximum Gasteiger partial charge on any atom is 0.410 e. The van der Waals surface area contributed by atoms with Gasteiger partial charge >= 0.3 is 6.09 Å². The molecule has 6 nitrogen and oxygen atoms in total. The number of benzene rings is 1. The second-order valence-corrected chi connectivity index (χ2v) is 6.86. The number of likely N-dealkylation sites (tertiary alicyclic amines) is 1. The predicted molar refractivity (Wildman–Crippen MR) is 90.8 cm³/mol. The van der Waals surface area contributed by atoms with E-state index in [0.29, 0.717) is 19.5 Å². The molecule has 1 aliphatic rings. The van der Waals surface area contributed by atoms with Gasteiger partial charge in [0.05, 0.1) is 7.11 Å². The van der Waals surface area contributed by atoms with Crippen molar-refractivity contribution in [3.05, 3.63) is 29.8 Å². The fourth-order valence-electron chi connectivity index (χ4n) is 2.73. The third-order valence-electron chi connectivity index (χ3n) is 3.83. The average Bonchev–Trinajstić information content (AvgIpc) is 3.01. The monoisotopic (exact) mass is 334 g/mol. The number of carbonyl (C=O) groups excluding carboxylic acids is 2. The molecular formula is C18H26N2O4. The van der Waals surface area contributed by atoms with Crippen molar-refractivity contribution in [2.75, 3.05) is 13.7 Å². The van der Waals surface area contributed by atoms with Gasteiger partial charge in [0.1, 0.15) is 17.4 Å². The van der Waals surface area contributed by atoms with Crippen LogP contribution in [-0.2, 0) is 16.1 Å². The molecule has 132 valence electrons. The molecule has 1 fully saturated rings. The lowest BCUT2D eigenvalue weighted by Gasteiger charge is -2.28. The van der Waals surface area contributed by atoms with E-state index < -0.39 is 17.7 Å². The smallest absolute Gasteiger partial charge is 0.410 e. The van der Waals surface area contributed by atoms with Gasteiger partial charge < -0.3 is 14.8 Å². The van der Waals surface area contributed by atoms with Gasteiger partial charge in [-0.05, 0) is 39.7 Å². The second-order valence-electron chi connectivity index (χ2n) is 6.86. The summed E-state index contributed by atoms with van der Waals surface area (Å²) in [7, 11) is 1.60. The molecule has 1 atom stereocenters. The van der Waals surface area contributed by atoms with Crippen LogP contribution in [0, 0.1) is 0 Å². The lowest BCUT2D eigenvalue weighted by atomic mass is 10.1. The standard InChI is InChI=1S/C18H26N2O4/c1-18(2,3)24-17(22)20-11-7-9-14(20)16(21)19-12-13-8-5-6-10-15(13)23-4/h5-6,8,10,14H,7,9,11-12H2,1-4H3,(H,19,21)/t14-/m0/s1. The van der Waals surface area contributed by atoms with Crippen LogP contribution in [0.15, 0.2) is 24.3 Å². The summed E-state index contributed by atoms with van der Waals surface area (Å²) >= 11 is 0. The fourth-order valence-corrected chi connectivity index (χ4v) is 2.73. The Labute approximate surface area is 143 Å². The summed E-state index contributed by atoms with van der Waals surface area (Å²) in [4.78, 5) is 26.3. The zero-order chi connectivity index (χ0) is 17.7. The molecule has 1 aliphatic heterocycles. The number of ether oxygens (including phenoxy) is 2. The van der Waals surface area contributed by atoms with Gasteiger partial charge in [-0.1, -0.05) is 18.2 Å². The molecule has 1 aromatic rings. The van der Waals surface area contributed by atoms with Crippen LogP contribution in [0.3, 0.4) is 0 Å². The van der Waals surface area contributed by atoms with E-state index in [1.807, 2.05) is 45.0 Å². The minimum Gasteiger partial charge on any atom is -0.496 e. The summed E-state index contributed by atoms with van der Waals surface area (Å²) in [5, 5.41) is 2.89. The van der Waals surface area contributed by atoms with Crippen LogP contribution in [0.1, 0.15) is 39.2 Å². The highest BCUT2D eigenvalue weighted by Gasteiger charge is 2.36. The van der Waals surface area contributed by atoms with Crippen molar-refractivity contribution >= 4 is 12.0 Å². The normalized spacial score (nSPS) is 17.5. The van der Waals surface area contributed by atoms with E-state index in [1.165, 1.54) is 4.90 Å². The van der Waals surface area contributed by atoms with E-state index in [0.717, 1.165) is 17.7 Å². The molecule has 24 heavy (non-hydrogen) atoms. The van der Waals surface area contributed by atoms with Crippen LogP contribution < -0.4 is 10.1 Å². The number of hydrogen-bond acceptors (Lipinski definition) is 4. The molecule has 0 bridgehead atoms. The Bertz CT molecular complexity index is 595. The third-order valence-corrected chi connectivity index (χ3v) is 3.83. The molecule has 1 heterocycles. The van der Waals surface area contributed by atoms with Gasteiger partial charge in [-0.25, -0.2) is 4.79 Å². The van der Waals surface area contributed by atoms with Crippen molar-refractivity contribution in [3.8, 4) is 5.75 Å². The van der Waals surface area contributed by atoms with Crippen LogP contribution >= 0.6 is 0 Å². The van der Waals surface area contributed by atoms with Crippen molar-refractivity contribution < 1.29 is 19.1 Å². The zero-order valence-electron chi connectivity index (χ0n) is 14.8. The number of para-hydroxylation sites is 1. The number of methoxy groups -OCH3 is 1. The van der Waals surface area contributed by atoms with Crippen molar-refractivity contribution in [1.82, 2.24) is 10.2 Å². The van der Waals surface area contributed by atoms with Crippen LogP contribution in [0.5, 0.6) is 5.75 Å². The Hall–Kier alpha value is -2.24. The van der Waals surface area contributed by atoms with Gasteiger partial charge in [0, 0.05) is 18.7 Å². The average molecular weight is 334 g/mol. The molecule has 6 heteroatoms. The molecule has 1 N–H and O–H groups in total. The highest BCUT2D eigenvalue weighted by Crippen LogP contribution is 2.22. The first kappa shape index (κ1) is 18.1. The number of nitrogens with zero attached hydrogens (tertiary/aromatic N) is 1. The van der Waals surface area contributed by atoms with E-state index in [1.54, 1.807) is 7.11 Å². The molecule has 1 saturated heterocycles. The molecule has 0 saturated carbocycles. The van der Waals surface area contributed by atoms with E-state index in [2.05, 4.69) is 5.32 Å². The summed E-state index contributed by atoms with van der Waals surface area (Å²) in [6, 6.07) is 7.05. The first-order valence-corrected chi connectivity index (χ1v) is 8.21. The maximum atomic E-state index is 12.5. The van der Waals surface area contributed by atoms with E-state index in [-0.39, 0.29) is 5.91 Å². The van der Waals surface area contributed by atoms with Crippen LogP contribution in [0.4, 0.5) is 4.79 Å². The fraction of sp³-hybridized carbons (Fsp3) is 0.556. The quantitative estimate of drug-likeness (QED) is 0.919. The third kappa shape index (κ3) is 4.63. The summed E-state index contributed by atoms with van der Waals surface area (Å²) in [6.07, 6.45) is 1.01. The summed E-state index contributed by atoms with van der Waals surface area (Å²) in [6.45, 7) is 6.36. The first-order valence-electron chi connectivity index (χ1n) is 8.21. The predicted octanol–water partition coefficient (Wildman–Crippen LogP) is 2.71. The van der Waals surface area contributed by atoms with E-state index >= 15 is 0 Å². The largest absolute Gasteiger partial charge is 0.496 e. The topological polar surface area (TPSA) is 67.9 Å². The van der Waals surface area contributed by atoms with Gasteiger partial charge in [-0.15, -0.1) is 0 Å². The minimum atomic E-state index is -0.571. The first-order chi connectivity index (χ1) is 11.3. The Morgan fingerprint density at radius 1 is 1.29 bits per heavy atom. The number of hydrogen-bond donors (Lipinski definition) is 1. The maximum absolute atomic E-state index is 12.5. The van der Waals surface area contributed by atoms with Gasteiger partial charge in [0.15, 0.2) is 0 Å². The number of nitrogens with one attached hydrogen (secondary N) is 1. The summed E-state index contributed by atoms with van der Waals surface area (Å²) in [5.74, 6) is 0.567. The van der Waals surface area contributed by atoms with Gasteiger partial charge in [0.2, 0.25) is 5.91 Å². The summed E-state index contributed by atoms with van der Waals surface area (Å²) in [5.41, 5.74) is 0.327. The summed E-state index contributed by atoms with van der Waals surface area (Å²) < 4.78 is 10.7. The van der Waals surface area contributed by atoms with Gasteiger partial charge in [-0.2, -0.15) is 0 Å². The SMILES string of the molecule is COc1ccccc1CNC(=O)[C@@H]1CCCN1C(=O)OC(C)(C)C. The Kier molecular flexibility index (Phi) is 5.70.